The fourth-order valence-corrected chi connectivity index (χ4v) is 2.82. The molecular formula is C17H22N2OSi. The molecule has 4 heteroatoms. The minimum absolute atomic E-state index is 0.0535. The minimum Gasteiger partial charge on any atom is -0.544 e. The number of benzene rings is 1. The van der Waals surface area contributed by atoms with E-state index < -0.39 is 8.32 Å². The number of rotatable bonds is 5. The highest BCUT2D eigenvalue weighted by Gasteiger charge is 2.19. The van der Waals surface area contributed by atoms with Crippen LogP contribution in [0.15, 0.2) is 53.8 Å². The third-order valence-electron chi connectivity index (χ3n) is 2.92. The Labute approximate surface area is 127 Å². The molecule has 0 N–H and O–H groups in total. The van der Waals surface area contributed by atoms with Crippen molar-refractivity contribution in [3.05, 3.63) is 59.9 Å². The van der Waals surface area contributed by atoms with Crippen LogP contribution in [0.1, 0.15) is 24.1 Å². The number of pyridine rings is 1. The molecule has 0 aliphatic carbocycles. The Hall–Kier alpha value is -1.94. The molecule has 1 atom stereocenters. The van der Waals surface area contributed by atoms with E-state index >= 15 is 0 Å². The van der Waals surface area contributed by atoms with E-state index in [0.29, 0.717) is 0 Å². The molecule has 0 bridgehead atoms. The molecule has 0 aliphatic heterocycles. The summed E-state index contributed by atoms with van der Waals surface area (Å²) in [7, 11) is -1.62. The highest BCUT2D eigenvalue weighted by atomic mass is 28.4. The minimum atomic E-state index is -1.62. The lowest BCUT2D eigenvalue weighted by molar-refractivity contribution is 0.543. The monoisotopic (exact) mass is 298 g/mol. The maximum Gasteiger partial charge on any atom is 0.242 e. The second-order valence-electron chi connectivity index (χ2n) is 5.99. The Morgan fingerprint density at radius 3 is 2.57 bits per heavy atom. The molecule has 21 heavy (non-hydrogen) atoms. The van der Waals surface area contributed by atoms with E-state index in [2.05, 4.69) is 42.6 Å². The molecule has 0 saturated heterocycles. The van der Waals surface area contributed by atoms with Crippen LogP contribution in [-0.2, 0) is 0 Å². The lowest BCUT2D eigenvalue weighted by atomic mass is 10.1. The number of para-hydroxylation sites is 1. The summed E-state index contributed by atoms with van der Waals surface area (Å²) in [5, 5.41) is 0. The SMILES string of the molecule is CC(N=Cc1cccnc1)c1ccccc1O[Si](C)(C)C. The van der Waals surface area contributed by atoms with Crippen LogP contribution in [0, 0.1) is 0 Å². The van der Waals surface area contributed by atoms with Crippen LogP contribution in [-0.4, -0.2) is 19.5 Å². The van der Waals surface area contributed by atoms with Gasteiger partial charge in [-0.15, -0.1) is 0 Å². The summed E-state index contributed by atoms with van der Waals surface area (Å²) in [5.41, 5.74) is 2.13. The van der Waals surface area contributed by atoms with Crippen LogP contribution in [0.5, 0.6) is 5.75 Å². The Morgan fingerprint density at radius 1 is 1.14 bits per heavy atom. The smallest absolute Gasteiger partial charge is 0.242 e. The van der Waals surface area contributed by atoms with Gasteiger partial charge in [0, 0.05) is 29.7 Å². The molecule has 1 aromatic carbocycles. The Kier molecular flexibility index (Phi) is 4.91. The summed E-state index contributed by atoms with van der Waals surface area (Å²) in [5.74, 6) is 0.951. The maximum atomic E-state index is 6.16. The summed E-state index contributed by atoms with van der Waals surface area (Å²) < 4.78 is 6.16. The van der Waals surface area contributed by atoms with E-state index in [4.69, 9.17) is 4.43 Å². The average Bonchev–Trinajstić information content (AvgIpc) is 2.45. The lowest BCUT2D eigenvalue weighted by Crippen LogP contribution is -2.29. The molecule has 0 fully saturated rings. The van der Waals surface area contributed by atoms with Crippen LogP contribution in [0.25, 0.3) is 0 Å². The van der Waals surface area contributed by atoms with Crippen molar-refractivity contribution in [1.82, 2.24) is 4.98 Å². The standard InChI is InChI=1S/C17H22N2OSi/c1-14(19-13-15-8-7-11-18-12-15)16-9-5-6-10-17(16)20-21(2,3)4/h5-14H,1-4H3. The molecule has 0 aliphatic rings. The van der Waals surface area contributed by atoms with Crippen LogP contribution in [0.3, 0.4) is 0 Å². The number of nitrogens with zero attached hydrogens (tertiary/aromatic N) is 2. The second-order valence-corrected chi connectivity index (χ2v) is 10.4. The second kappa shape index (κ2) is 6.67. The molecule has 1 unspecified atom stereocenters. The van der Waals surface area contributed by atoms with Crippen molar-refractivity contribution in [2.45, 2.75) is 32.6 Å². The zero-order valence-electron chi connectivity index (χ0n) is 13.1. The maximum absolute atomic E-state index is 6.16. The van der Waals surface area contributed by atoms with Gasteiger partial charge in [0.05, 0.1) is 6.04 Å². The topological polar surface area (TPSA) is 34.5 Å². The van der Waals surface area contributed by atoms with Gasteiger partial charge in [-0.2, -0.15) is 0 Å². The zero-order chi connectivity index (χ0) is 15.3. The molecule has 2 aromatic rings. The Balaban J connectivity index is 2.19. The van der Waals surface area contributed by atoms with Gasteiger partial charge in [0.15, 0.2) is 0 Å². The van der Waals surface area contributed by atoms with Crippen LogP contribution in [0.2, 0.25) is 19.6 Å². The van der Waals surface area contributed by atoms with E-state index in [1.807, 2.05) is 36.5 Å². The first-order valence-corrected chi connectivity index (χ1v) is 10.6. The van der Waals surface area contributed by atoms with Crippen LogP contribution < -0.4 is 4.43 Å². The zero-order valence-corrected chi connectivity index (χ0v) is 14.1. The van der Waals surface area contributed by atoms with Crippen molar-refractivity contribution < 1.29 is 4.43 Å². The molecular weight excluding hydrogens is 276 g/mol. The lowest BCUT2D eigenvalue weighted by Gasteiger charge is -2.22. The first kappa shape index (κ1) is 15.4. The fourth-order valence-electron chi connectivity index (χ4n) is 1.98. The highest BCUT2D eigenvalue weighted by Crippen LogP contribution is 2.29. The van der Waals surface area contributed by atoms with Gasteiger partial charge in [0.25, 0.3) is 0 Å². The van der Waals surface area contributed by atoms with E-state index in [9.17, 15) is 0 Å². The normalized spacial score (nSPS) is 13.3. The van der Waals surface area contributed by atoms with Crippen LogP contribution in [0.4, 0.5) is 0 Å². The van der Waals surface area contributed by atoms with Gasteiger partial charge < -0.3 is 4.43 Å². The number of aromatic nitrogens is 1. The largest absolute Gasteiger partial charge is 0.544 e. The highest BCUT2D eigenvalue weighted by molar-refractivity contribution is 6.70. The molecule has 2 rings (SSSR count). The van der Waals surface area contributed by atoms with Crippen LogP contribution >= 0.6 is 0 Å². The van der Waals surface area contributed by atoms with Crippen molar-refractivity contribution in [2.75, 3.05) is 0 Å². The van der Waals surface area contributed by atoms with E-state index in [1.165, 1.54) is 0 Å². The van der Waals surface area contributed by atoms with Gasteiger partial charge in [-0.25, -0.2) is 0 Å². The Morgan fingerprint density at radius 2 is 1.90 bits per heavy atom. The van der Waals surface area contributed by atoms with E-state index in [1.54, 1.807) is 12.4 Å². The first-order chi connectivity index (χ1) is 9.96. The number of hydrogen-bond donors (Lipinski definition) is 0. The predicted molar refractivity (Wildman–Crippen MR) is 90.7 cm³/mol. The third kappa shape index (κ3) is 4.83. The summed E-state index contributed by atoms with van der Waals surface area (Å²) in [6.45, 7) is 8.65. The average molecular weight is 298 g/mol. The van der Waals surface area contributed by atoms with Crippen molar-refractivity contribution in [3.63, 3.8) is 0 Å². The molecule has 1 heterocycles. The molecule has 0 saturated carbocycles. The molecule has 3 nitrogen and oxygen atoms in total. The predicted octanol–water partition coefficient (Wildman–Crippen LogP) is 4.48. The van der Waals surface area contributed by atoms with Gasteiger partial charge in [-0.1, -0.05) is 24.3 Å². The molecule has 1 aromatic heterocycles. The quantitative estimate of drug-likeness (QED) is 0.602. The first-order valence-electron chi connectivity index (χ1n) is 7.17. The fraction of sp³-hybridized carbons (Fsp3) is 0.294. The number of aliphatic imine (C=N–C) groups is 1. The summed E-state index contributed by atoms with van der Waals surface area (Å²) in [6, 6.07) is 12.1. The van der Waals surface area contributed by atoms with Gasteiger partial charge in [-0.3, -0.25) is 9.98 Å². The number of hydrogen-bond acceptors (Lipinski definition) is 3. The van der Waals surface area contributed by atoms with E-state index in [0.717, 1.165) is 16.9 Å². The molecule has 0 radical (unpaired) electrons. The molecule has 0 amide bonds. The van der Waals surface area contributed by atoms with E-state index in [-0.39, 0.29) is 6.04 Å². The summed E-state index contributed by atoms with van der Waals surface area (Å²) in [6.07, 6.45) is 5.43. The Bertz CT molecular complexity index is 606. The van der Waals surface area contributed by atoms with Crippen molar-refractivity contribution in [1.29, 1.82) is 0 Å². The van der Waals surface area contributed by atoms with Gasteiger partial charge >= 0.3 is 0 Å². The van der Waals surface area contributed by atoms with Crippen molar-refractivity contribution in [3.8, 4) is 5.75 Å². The van der Waals surface area contributed by atoms with Gasteiger partial charge in [0.2, 0.25) is 8.32 Å². The summed E-state index contributed by atoms with van der Waals surface area (Å²) in [4.78, 5) is 8.72. The van der Waals surface area contributed by atoms with Gasteiger partial charge in [0.1, 0.15) is 5.75 Å². The summed E-state index contributed by atoms with van der Waals surface area (Å²) >= 11 is 0. The van der Waals surface area contributed by atoms with Crippen molar-refractivity contribution in [2.24, 2.45) is 4.99 Å². The molecule has 110 valence electrons. The van der Waals surface area contributed by atoms with Gasteiger partial charge in [-0.05, 0) is 38.7 Å². The third-order valence-corrected chi connectivity index (χ3v) is 3.75. The van der Waals surface area contributed by atoms with Crippen molar-refractivity contribution >= 4 is 14.5 Å². The molecule has 0 spiro atoms.